The molecule has 1 aliphatic carbocycles. The number of nitrogens with zero attached hydrogens (tertiary/aromatic N) is 2. The molecule has 4 aromatic carbocycles. The number of hydrogen-bond donors (Lipinski definition) is 0. The number of fused-ring (bicyclic) bond motifs is 2. The molecule has 5 unspecified atom stereocenters. The number of alkyl halides is 2. The third kappa shape index (κ3) is 6.74. The fourth-order valence-electron chi connectivity index (χ4n) is 6.59. The lowest BCUT2D eigenvalue weighted by atomic mass is 9.81. The van der Waals surface area contributed by atoms with Crippen LogP contribution in [0.25, 0.3) is 22.2 Å². The molecule has 8 nitrogen and oxygen atoms in total. The Labute approximate surface area is 306 Å². The van der Waals surface area contributed by atoms with Crippen molar-refractivity contribution < 1.29 is 28.7 Å². The zero-order chi connectivity index (χ0) is 34.9. The highest BCUT2D eigenvalue weighted by atomic mass is 79.9. The van der Waals surface area contributed by atoms with Crippen LogP contribution < -0.4 is 9.64 Å². The van der Waals surface area contributed by atoms with Gasteiger partial charge in [-0.1, -0.05) is 92.5 Å². The van der Waals surface area contributed by atoms with Crippen LogP contribution in [0.4, 0.5) is 5.69 Å². The first kappa shape index (κ1) is 33.8. The van der Waals surface area contributed by atoms with Crippen molar-refractivity contribution in [2.24, 2.45) is 11.8 Å². The summed E-state index contributed by atoms with van der Waals surface area (Å²) in [6.45, 7) is 1.96. The predicted octanol–water partition coefficient (Wildman–Crippen LogP) is 8.34. The third-order valence-electron chi connectivity index (χ3n) is 9.31. The number of imide groups is 1. The Morgan fingerprint density at radius 2 is 1.44 bits per heavy atom. The minimum Gasteiger partial charge on any atom is -0.489 e. The van der Waals surface area contributed by atoms with Gasteiger partial charge in [-0.15, -0.1) is 0 Å². The summed E-state index contributed by atoms with van der Waals surface area (Å²) in [5.74, 6) is -1.42. The first-order chi connectivity index (χ1) is 24.2. The number of esters is 1. The molecule has 0 N–H and O–H groups in total. The Bertz CT molecular complexity index is 2060. The second-order valence-electron chi connectivity index (χ2n) is 12.6. The number of para-hydroxylation sites is 1. The predicted molar refractivity (Wildman–Crippen MR) is 198 cm³/mol. The van der Waals surface area contributed by atoms with Crippen LogP contribution in [-0.4, -0.2) is 44.3 Å². The van der Waals surface area contributed by atoms with Gasteiger partial charge in [-0.2, -0.15) is 0 Å². The van der Waals surface area contributed by atoms with Gasteiger partial charge < -0.3 is 9.47 Å². The van der Waals surface area contributed by atoms with Crippen LogP contribution in [0.15, 0.2) is 109 Å². The van der Waals surface area contributed by atoms with Crippen molar-refractivity contribution in [1.82, 2.24) is 4.98 Å². The van der Waals surface area contributed by atoms with Crippen molar-refractivity contribution in [2.75, 3.05) is 4.90 Å². The molecule has 0 radical (unpaired) electrons. The topological polar surface area (TPSA) is 103 Å². The minimum absolute atomic E-state index is 0.126. The summed E-state index contributed by atoms with van der Waals surface area (Å²) in [7, 11) is 0. The SMILES string of the molecule is CC(OC(=O)c1cc(-c2ccc(N3C(=O)C4CC(Br)C(Br)CC4C3=O)cc2)nc2ccccc12)C(=O)c1ccc(OCc2ccccc2)cc1. The smallest absolute Gasteiger partial charge is 0.339 e. The van der Waals surface area contributed by atoms with Crippen molar-refractivity contribution in [1.29, 1.82) is 0 Å². The standard InChI is InChI=1S/C40H32Br2N2O6/c1-23(37(45)26-13-17-28(18-14-26)49-22-24-7-3-2-4-8-24)50-40(48)32-21-36(43-35-10-6-5-9-29(32)35)25-11-15-27(16-12-25)44-38(46)30-19-33(41)34(42)20-31(30)39(44)47/h2-18,21,23,30-31,33-34H,19-20,22H2,1H3. The summed E-state index contributed by atoms with van der Waals surface area (Å²) in [4.78, 5) is 59.9. The third-order valence-corrected chi connectivity index (χ3v) is 12.0. The molecule has 2 amide bonds. The van der Waals surface area contributed by atoms with Crippen LogP contribution in [0.5, 0.6) is 5.75 Å². The van der Waals surface area contributed by atoms with Crippen LogP contribution in [0.1, 0.15) is 46.0 Å². The highest BCUT2D eigenvalue weighted by molar-refractivity contribution is 9.12. The van der Waals surface area contributed by atoms with Gasteiger partial charge >= 0.3 is 5.97 Å². The maximum atomic E-state index is 13.6. The lowest BCUT2D eigenvalue weighted by molar-refractivity contribution is -0.122. The van der Waals surface area contributed by atoms with E-state index in [0.717, 1.165) is 5.56 Å². The number of halogens is 2. The lowest BCUT2D eigenvalue weighted by Gasteiger charge is -2.29. The van der Waals surface area contributed by atoms with Gasteiger partial charge in [0.15, 0.2) is 6.10 Å². The summed E-state index contributed by atoms with van der Waals surface area (Å²) >= 11 is 7.27. The van der Waals surface area contributed by atoms with Gasteiger partial charge in [0.25, 0.3) is 0 Å². The molecular weight excluding hydrogens is 764 g/mol. The average Bonchev–Trinajstić information content (AvgIpc) is 3.38. The van der Waals surface area contributed by atoms with Crippen molar-refractivity contribution in [3.63, 3.8) is 0 Å². The number of ketones is 1. The lowest BCUT2D eigenvalue weighted by Crippen LogP contribution is -2.34. The van der Waals surface area contributed by atoms with Gasteiger partial charge in [0.1, 0.15) is 12.4 Å². The van der Waals surface area contributed by atoms with E-state index in [4.69, 9.17) is 14.5 Å². The van der Waals surface area contributed by atoms with Crippen molar-refractivity contribution in [2.45, 2.75) is 42.1 Å². The van der Waals surface area contributed by atoms with E-state index >= 15 is 0 Å². The van der Waals surface area contributed by atoms with Gasteiger partial charge in [-0.05, 0) is 73.9 Å². The van der Waals surface area contributed by atoms with E-state index < -0.39 is 12.1 Å². The number of carbonyl (C=O) groups is 4. The number of anilines is 1. The second kappa shape index (κ2) is 14.3. The normalized spacial score (nSPS) is 20.7. The minimum atomic E-state index is -1.05. The maximum absolute atomic E-state index is 13.6. The second-order valence-corrected chi connectivity index (χ2v) is 14.9. The van der Waals surface area contributed by atoms with Gasteiger partial charge in [-0.3, -0.25) is 19.3 Å². The quantitative estimate of drug-likeness (QED) is 0.0640. The molecule has 1 saturated carbocycles. The fourth-order valence-corrected chi connectivity index (χ4v) is 7.83. The van der Waals surface area contributed by atoms with E-state index in [1.807, 2.05) is 42.5 Å². The summed E-state index contributed by atoms with van der Waals surface area (Å²) in [5, 5.41) is 0.587. The van der Waals surface area contributed by atoms with Gasteiger partial charge in [0.2, 0.25) is 17.6 Å². The molecule has 2 fully saturated rings. The Morgan fingerprint density at radius 3 is 2.10 bits per heavy atom. The summed E-state index contributed by atoms with van der Waals surface area (Å²) in [6.07, 6.45) is 0.146. The zero-order valence-electron chi connectivity index (χ0n) is 27.0. The Morgan fingerprint density at radius 1 is 0.820 bits per heavy atom. The number of Topliss-reactive ketones (excluding diaryl/α,β-unsaturated/α-hetero) is 1. The molecule has 50 heavy (non-hydrogen) atoms. The highest BCUT2D eigenvalue weighted by Gasteiger charge is 2.52. The number of pyridine rings is 1. The molecule has 1 aromatic heterocycles. The molecule has 1 aliphatic heterocycles. The summed E-state index contributed by atoms with van der Waals surface area (Å²) < 4.78 is 11.6. The van der Waals surface area contributed by atoms with Gasteiger partial charge in [0, 0.05) is 26.2 Å². The van der Waals surface area contributed by atoms with Crippen LogP contribution in [-0.2, 0) is 20.9 Å². The number of aromatic nitrogens is 1. The molecule has 2 heterocycles. The molecular formula is C40H32Br2N2O6. The number of ether oxygens (including phenoxy) is 2. The zero-order valence-corrected chi connectivity index (χ0v) is 30.2. The number of amides is 2. The van der Waals surface area contributed by atoms with E-state index in [9.17, 15) is 19.2 Å². The Balaban J connectivity index is 1.07. The van der Waals surface area contributed by atoms with E-state index in [-0.39, 0.29) is 44.7 Å². The van der Waals surface area contributed by atoms with Crippen molar-refractivity contribution in [3.8, 4) is 17.0 Å². The molecule has 10 heteroatoms. The van der Waals surface area contributed by atoms with Gasteiger partial charge in [0.05, 0.1) is 34.3 Å². The first-order valence-corrected chi connectivity index (χ1v) is 18.2. The maximum Gasteiger partial charge on any atom is 0.339 e. The first-order valence-electron chi connectivity index (χ1n) is 16.4. The number of rotatable bonds is 9. The summed E-state index contributed by atoms with van der Waals surface area (Å²) in [5.41, 5.74) is 3.96. The summed E-state index contributed by atoms with van der Waals surface area (Å²) in [6, 6.07) is 32.4. The van der Waals surface area contributed by atoms with E-state index in [1.165, 1.54) is 4.90 Å². The molecule has 252 valence electrons. The van der Waals surface area contributed by atoms with E-state index in [0.29, 0.717) is 58.6 Å². The highest BCUT2D eigenvalue weighted by Crippen LogP contribution is 2.44. The van der Waals surface area contributed by atoms with Crippen LogP contribution in [0, 0.1) is 11.8 Å². The van der Waals surface area contributed by atoms with E-state index in [2.05, 4.69) is 31.9 Å². The Hall–Kier alpha value is -4.67. The number of carbonyl (C=O) groups excluding carboxylic acids is 4. The van der Waals surface area contributed by atoms with Crippen LogP contribution in [0.3, 0.4) is 0 Å². The monoisotopic (exact) mass is 794 g/mol. The largest absolute Gasteiger partial charge is 0.489 e. The Kier molecular flexibility index (Phi) is 9.66. The van der Waals surface area contributed by atoms with Crippen molar-refractivity contribution in [3.05, 3.63) is 126 Å². The molecule has 5 atom stereocenters. The van der Waals surface area contributed by atoms with Crippen molar-refractivity contribution >= 4 is 72.0 Å². The average molecular weight is 797 g/mol. The van der Waals surface area contributed by atoms with Crippen LogP contribution >= 0.6 is 31.9 Å². The molecule has 1 saturated heterocycles. The number of hydrogen-bond acceptors (Lipinski definition) is 7. The molecule has 5 aromatic rings. The molecule has 7 rings (SSSR count). The fraction of sp³-hybridized carbons (Fsp3) is 0.225. The molecule has 0 bridgehead atoms. The molecule has 0 spiro atoms. The van der Waals surface area contributed by atoms with Crippen LogP contribution in [0.2, 0.25) is 0 Å². The van der Waals surface area contributed by atoms with E-state index in [1.54, 1.807) is 73.7 Å². The molecule has 2 aliphatic rings. The number of benzene rings is 4. The van der Waals surface area contributed by atoms with Gasteiger partial charge in [-0.25, -0.2) is 9.78 Å².